The molecule has 0 amide bonds. The van der Waals surface area contributed by atoms with Gasteiger partial charge in [-0.1, -0.05) is 172 Å². The van der Waals surface area contributed by atoms with Crippen molar-refractivity contribution in [3.8, 4) is 78.4 Å². The first-order chi connectivity index (χ1) is 30.4. The third-order valence-electron chi connectivity index (χ3n) is 12.9. The van der Waals surface area contributed by atoms with Crippen molar-refractivity contribution in [2.75, 3.05) is 0 Å². The molecule has 0 fully saturated rings. The van der Waals surface area contributed by atoms with Crippen LogP contribution in [-0.4, -0.2) is 9.97 Å². The number of hydrogen-bond donors (Lipinski definition) is 0. The predicted molar refractivity (Wildman–Crippen MR) is 257 cm³/mol. The van der Waals surface area contributed by atoms with Crippen LogP contribution in [0, 0.1) is 0 Å². The molecule has 11 aromatic rings. The standard InChI is InChI=1S/C59H40N2O/c1-59(2)52-35-43(26-28-48(52)50-29-25-39-15-9-10-18-47(39)57(50)59)38-21-23-40(24-22-38)53-36-54(61-58(60-53)41-16-7-4-8-17-41)46-32-44(37-13-5-3-6-14-37)31-45(33-46)42-27-30-56-51(34-42)49-19-11-12-20-55(49)62-56/h3-36H,1-2H3. The molecule has 3 heteroatoms. The van der Waals surface area contributed by atoms with Crippen molar-refractivity contribution < 1.29 is 4.42 Å². The Morgan fingerprint density at radius 3 is 1.69 bits per heavy atom. The van der Waals surface area contributed by atoms with Gasteiger partial charge in [-0.3, -0.25) is 0 Å². The number of benzene rings is 9. The van der Waals surface area contributed by atoms with Gasteiger partial charge in [0.15, 0.2) is 5.82 Å². The Morgan fingerprint density at radius 1 is 0.355 bits per heavy atom. The molecule has 0 atom stereocenters. The van der Waals surface area contributed by atoms with Gasteiger partial charge in [0, 0.05) is 32.9 Å². The molecule has 2 heterocycles. The van der Waals surface area contributed by atoms with Gasteiger partial charge in [-0.15, -0.1) is 0 Å². The molecule has 9 aromatic carbocycles. The zero-order valence-corrected chi connectivity index (χ0v) is 34.4. The Hall–Kier alpha value is -7.88. The van der Waals surface area contributed by atoms with Crippen LogP contribution < -0.4 is 0 Å². The fourth-order valence-electron chi connectivity index (χ4n) is 9.72. The molecule has 0 aliphatic heterocycles. The number of furan rings is 1. The van der Waals surface area contributed by atoms with Crippen LogP contribution in [0.2, 0.25) is 0 Å². The van der Waals surface area contributed by atoms with Gasteiger partial charge >= 0.3 is 0 Å². The largest absolute Gasteiger partial charge is 0.456 e. The van der Waals surface area contributed by atoms with Gasteiger partial charge < -0.3 is 4.42 Å². The Balaban J connectivity index is 0.960. The summed E-state index contributed by atoms with van der Waals surface area (Å²) < 4.78 is 6.21. The minimum Gasteiger partial charge on any atom is -0.456 e. The minimum atomic E-state index is -0.120. The fraction of sp³-hybridized carbons (Fsp3) is 0.0508. The zero-order valence-electron chi connectivity index (χ0n) is 34.4. The quantitative estimate of drug-likeness (QED) is 0.168. The van der Waals surface area contributed by atoms with Crippen molar-refractivity contribution in [2.24, 2.45) is 0 Å². The number of fused-ring (bicyclic) bond motifs is 8. The molecule has 12 rings (SSSR count). The van der Waals surface area contributed by atoms with E-state index in [-0.39, 0.29) is 5.41 Å². The molecule has 0 unspecified atom stereocenters. The third kappa shape index (κ3) is 5.96. The van der Waals surface area contributed by atoms with Gasteiger partial charge in [-0.2, -0.15) is 0 Å². The fourth-order valence-corrected chi connectivity index (χ4v) is 9.72. The summed E-state index contributed by atoms with van der Waals surface area (Å²) in [4.78, 5) is 10.5. The lowest BCUT2D eigenvalue weighted by molar-refractivity contribution is 0.666. The van der Waals surface area contributed by atoms with Crippen molar-refractivity contribution in [3.63, 3.8) is 0 Å². The highest BCUT2D eigenvalue weighted by molar-refractivity contribution is 6.06. The summed E-state index contributed by atoms with van der Waals surface area (Å²) in [5, 5.41) is 4.84. The maximum absolute atomic E-state index is 6.21. The molecule has 0 N–H and O–H groups in total. The lowest BCUT2D eigenvalue weighted by Crippen LogP contribution is -2.15. The van der Waals surface area contributed by atoms with Crippen molar-refractivity contribution in [3.05, 3.63) is 217 Å². The van der Waals surface area contributed by atoms with E-state index in [0.29, 0.717) is 5.82 Å². The topological polar surface area (TPSA) is 38.9 Å². The van der Waals surface area contributed by atoms with E-state index in [0.717, 1.165) is 72.3 Å². The Labute approximate surface area is 360 Å². The van der Waals surface area contributed by atoms with Gasteiger partial charge in [-0.05, 0) is 115 Å². The summed E-state index contributed by atoms with van der Waals surface area (Å²) in [6.45, 7) is 4.73. The number of rotatable bonds is 6. The first-order valence-corrected chi connectivity index (χ1v) is 21.3. The Morgan fingerprint density at radius 2 is 0.903 bits per heavy atom. The second-order valence-electron chi connectivity index (χ2n) is 17.0. The van der Waals surface area contributed by atoms with Crippen molar-refractivity contribution in [1.29, 1.82) is 0 Å². The Kier molecular flexibility index (Phi) is 8.20. The third-order valence-corrected chi connectivity index (χ3v) is 12.9. The van der Waals surface area contributed by atoms with Gasteiger partial charge in [-0.25, -0.2) is 9.97 Å². The van der Waals surface area contributed by atoms with Crippen LogP contribution in [0.15, 0.2) is 211 Å². The summed E-state index contributed by atoms with van der Waals surface area (Å²) >= 11 is 0. The molecule has 2 aromatic heterocycles. The SMILES string of the molecule is CC1(C)c2cc(-c3ccc(-c4cc(-c5cc(-c6ccccc6)cc(-c6ccc7oc8ccccc8c7c6)c5)nc(-c5ccccc5)n4)cc3)ccc2-c2ccc3ccccc3c21. The van der Waals surface area contributed by atoms with Gasteiger partial charge in [0.25, 0.3) is 0 Å². The molecule has 0 saturated carbocycles. The van der Waals surface area contributed by atoms with E-state index < -0.39 is 0 Å². The number of para-hydroxylation sites is 1. The van der Waals surface area contributed by atoms with Crippen LogP contribution in [0.5, 0.6) is 0 Å². The monoisotopic (exact) mass is 792 g/mol. The molecule has 62 heavy (non-hydrogen) atoms. The van der Waals surface area contributed by atoms with Crippen LogP contribution in [0.1, 0.15) is 25.0 Å². The van der Waals surface area contributed by atoms with Crippen molar-refractivity contribution in [2.45, 2.75) is 19.3 Å². The summed E-state index contributed by atoms with van der Waals surface area (Å²) in [5.41, 5.74) is 18.7. The van der Waals surface area contributed by atoms with E-state index in [1.54, 1.807) is 0 Å². The second-order valence-corrected chi connectivity index (χ2v) is 17.0. The van der Waals surface area contributed by atoms with E-state index in [1.807, 2.05) is 30.3 Å². The number of aromatic nitrogens is 2. The zero-order chi connectivity index (χ0) is 41.4. The smallest absolute Gasteiger partial charge is 0.160 e. The van der Waals surface area contributed by atoms with E-state index in [4.69, 9.17) is 14.4 Å². The highest BCUT2D eigenvalue weighted by Gasteiger charge is 2.37. The first-order valence-electron chi connectivity index (χ1n) is 21.3. The van der Waals surface area contributed by atoms with Crippen molar-refractivity contribution in [1.82, 2.24) is 9.97 Å². The molecular formula is C59H40N2O. The summed E-state index contributed by atoms with van der Waals surface area (Å²) in [6.07, 6.45) is 0. The molecule has 0 spiro atoms. The molecule has 0 radical (unpaired) electrons. The summed E-state index contributed by atoms with van der Waals surface area (Å²) in [6, 6.07) is 73.7. The van der Waals surface area contributed by atoms with Crippen LogP contribution in [0.4, 0.5) is 0 Å². The van der Waals surface area contributed by atoms with E-state index in [2.05, 4.69) is 190 Å². The average molecular weight is 793 g/mol. The normalized spacial score (nSPS) is 12.8. The van der Waals surface area contributed by atoms with Crippen LogP contribution in [0.3, 0.4) is 0 Å². The van der Waals surface area contributed by atoms with E-state index in [1.165, 1.54) is 44.2 Å². The molecule has 3 nitrogen and oxygen atoms in total. The highest BCUT2D eigenvalue weighted by Crippen LogP contribution is 2.52. The Bertz CT molecular complexity index is 3530. The molecule has 0 bridgehead atoms. The lowest BCUT2D eigenvalue weighted by Gasteiger charge is -2.23. The van der Waals surface area contributed by atoms with Crippen LogP contribution in [0.25, 0.3) is 111 Å². The number of nitrogens with zero attached hydrogens (tertiary/aromatic N) is 2. The maximum atomic E-state index is 6.21. The lowest BCUT2D eigenvalue weighted by atomic mass is 9.79. The van der Waals surface area contributed by atoms with Gasteiger partial charge in [0.05, 0.1) is 11.4 Å². The molecular weight excluding hydrogens is 753 g/mol. The summed E-state index contributed by atoms with van der Waals surface area (Å²) in [7, 11) is 0. The van der Waals surface area contributed by atoms with Gasteiger partial charge in [0.1, 0.15) is 11.2 Å². The highest BCUT2D eigenvalue weighted by atomic mass is 16.3. The summed E-state index contributed by atoms with van der Waals surface area (Å²) in [5.74, 6) is 0.688. The first kappa shape index (κ1) is 36.0. The molecule has 292 valence electrons. The van der Waals surface area contributed by atoms with E-state index >= 15 is 0 Å². The number of hydrogen-bond acceptors (Lipinski definition) is 3. The molecule has 0 saturated heterocycles. The average Bonchev–Trinajstić information content (AvgIpc) is 3.82. The van der Waals surface area contributed by atoms with Crippen LogP contribution in [-0.2, 0) is 5.41 Å². The van der Waals surface area contributed by atoms with Crippen LogP contribution >= 0.6 is 0 Å². The minimum absolute atomic E-state index is 0.120. The molecule has 1 aliphatic carbocycles. The van der Waals surface area contributed by atoms with E-state index in [9.17, 15) is 0 Å². The van der Waals surface area contributed by atoms with Gasteiger partial charge in [0.2, 0.25) is 0 Å². The predicted octanol–water partition coefficient (Wildman–Crippen LogP) is 15.8. The van der Waals surface area contributed by atoms with Crippen molar-refractivity contribution >= 4 is 32.7 Å². The second kappa shape index (κ2) is 14.1. The maximum Gasteiger partial charge on any atom is 0.160 e. The molecule has 1 aliphatic rings.